The van der Waals surface area contributed by atoms with E-state index in [-0.39, 0.29) is 17.3 Å². The van der Waals surface area contributed by atoms with Crippen LogP contribution >= 0.6 is 0 Å². The molecule has 1 amide bonds. The number of benzene rings is 1. The predicted molar refractivity (Wildman–Crippen MR) is 85.4 cm³/mol. The zero-order chi connectivity index (χ0) is 15.9. The van der Waals surface area contributed by atoms with Gasteiger partial charge in [-0.3, -0.25) is 4.79 Å². The summed E-state index contributed by atoms with van der Waals surface area (Å²) >= 11 is 0. The first-order valence-corrected chi connectivity index (χ1v) is 8.20. The number of ether oxygens (including phenoxy) is 1. The molecule has 1 aromatic rings. The Kier molecular flexibility index (Phi) is 3.79. The molecule has 1 aromatic carbocycles. The summed E-state index contributed by atoms with van der Waals surface area (Å²) in [7, 11) is 0. The summed E-state index contributed by atoms with van der Waals surface area (Å²) in [5, 5.41) is 10.5. The molecular formula is C18H25NO3. The Hall–Kier alpha value is -1.71. The van der Waals surface area contributed by atoms with Crippen LogP contribution in [0.5, 0.6) is 11.5 Å². The number of phenols is 1. The Bertz CT molecular complexity index is 594. The highest BCUT2D eigenvalue weighted by atomic mass is 16.5. The Morgan fingerprint density at radius 2 is 2.09 bits per heavy atom. The molecule has 2 aliphatic heterocycles. The fourth-order valence-electron chi connectivity index (χ4n) is 3.45. The van der Waals surface area contributed by atoms with Gasteiger partial charge in [0.1, 0.15) is 5.60 Å². The maximum absolute atomic E-state index is 12.8. The lowest BCUT2D eigenvalue weighted by molar-refractivity contribution is 0.0754. The molecular weight excluding hydrogens is 278 g/mol. The van der Waals surface area contributed by atoms with Crippen LogP contribution in [0.2, 0.25) is 0 Å². The molecule has 0 aromatic heterocycles. The third-order valence-corrected chi connectivity index (χ3v) is 4.74. The van der Waals surface area contributed by atoms with Crippen LogP contribution in [0.4, 0.5) is 0 Å². The van der Waals surface area contributed by atoms with Crippen LogP contribution in [0.3, 0.4) is 0 Å². The highest BCUT2D eigenvalue weighted by molar-refractivity contribution is 5.98. The van der Waals surface area contributed by atoms with Crippen molar-refractivity contribution in [3.05, 3.63) is 23.3 Å². The number of hydrogen-bond acceptors (Lipinski definition) is 3. The molecule has 1 N–H and O–H groups in total. The minimum absolute atomic E-state index is 0.00497. The van der Waals surface area contributed by atoms with E-state index in [1.165, 1.54) is 0 Å². The highest BCUT2D eigenvalue weighted by Gasteiger charge is 2.34. The topological polar surface area (TPSA) is 49.8 Å². The van der Waals surface area contributed by atoms with Gasteiger partial charge in [-0.05, 0) is 45.1 Å². The maximum Gasteiger partial charge on any atom is 0.257 e. The van der Waals surface area contributed by atoms with Gasteiger partial charge in [0.15, 0.2) is 11.5 Å². The normalized spacial score (nSPS) is 23.6. The molecule has 120 valence electrons. The quantitative estimate of drug-likeness (QED) is 0.865. The second kappa shape index (κ2) is 5.49. The number of phenolic OH excluding ortho intramolecular Hbond substituents is 1. The van der Waals surface area contributed by atoms with E-state index in [1.807, 2.05) is 24.8 Å². The lowest BCUT2D eigenvalue weighted by Crippen LogP contribution is -2.32. The van der Waals surface area contributed by atoms with Gasteiger partial charge in [-0.15, -0.1) is 0 Å². The van der Waals surface area contributed by atoms with Crippen LogP contribution in [0.25, 0.3) is 0 Å². The first-order chi connectivity index (χ1) is 10.4. The molecule has 1 fully saturated rings. The average molecular weight is 303 g/mol. The van der Waals surface area contributed by atoms with Crippen LogP contribution in [-0.2, 0) is 6.42 Å². The molecule has 0 aliphatic carbocycles. The molecule has 0 saturated carbocycles. The average Bonchev–Trinajstić information content (AvgIpc) is 2.62. The van der Waals surface area contributed by atoms with Gasteiger partial charge in [0.2, 0.25) is 0 Å². The van der Waals surface area contributed by atoms with E-state index < -0.39 is 0 Å². The molecule has 3 rings (SSSR count). The monoisotopic (exact) mass is 303 g/mol. The molecule has 0 radical (unpaired) electrons. The molecule has 0 unspecified atom stereocenters. The van der Waals surface area contributed by atoms with Crippen molar-refractivity contribution in [2.24, 2.45) is 5.92 Å². The van der Waals surface area contributed by atoms with Gasteiger partial charge in [-0.1, -0.05) is 13.0 Å². The predicted octanol–water partition coefficient (Wildman–Crippen LogP) is 3.37. The summed E-state index contributed by atoms with van der Waals surface area (Å²) in [6.07, 6.45) is 3.98. The number of rotatable bonds is 1. The number of likely N-dealkylation sites (tertiary alicyclic amines) is 1. The Balaban J connectivity index is 1.85. The van der Waals surface area contributed by atoms with E-state index in [0.29, 0.717) is 17.2 Å². The molecule has 4 heteroatoms. The van der Waals surface area contributed by atoms with E-state index in [4.69, 9.17) is 4.74 Å². The number of carbonyl (C=O) groups is 1. The highest BCUT2D eigenvalue weighted by Crippen LogP contribution is 2.43. The van der Waals surface area contributed by atoms with E-state index in [1.54, 1.807) is 6.07 Å². The van der Waals surface area contributed by atoms with Crippen molar-refractivity contribution < 1.29 is 14.6 Å². The maximum atomic E-state index is 12.8. The Labute approximate surface area is 132 Å². The summed E-state index contributed by atoms with van der Waals surface area (Å²) in [4.78, 5) is 14.6. The van der Waals surface area contributed by atoms with Crippen LogP contribution in [0, 0.1) is 5.92 Å². The number of amides is 1. The second-order valence-corrected chi connectivity index (χ2v) is 7.32. The summed E-state index contributed by atoms with van der Waals surface area (Å²) in [6, 6.07) is 3.66. The van der Waals surface area contributed by atoms with Crippen LogP contribution < -0.4 is 4.74 Å². The van der Waals surface area contributed by atoms with Crippen molar-refractivity contribution in [1.29, 1.82) is 0 Å². The number of fused-ring (bicyclic) bond motifs is 1. The molecule has 22 heavy (non-hydrogen) atoms. The van der Waals surface area contributed by atoms with Crippen molar-refractivity contribution in [1.82, 2.24) is 4.90 Å². The first kappa shape index (κ1) is 15.2. The van der Waals surface area contributed by atoms with E-state index in [2.05, 4.69) is 6.92 Å². The molecule has 4 nitrogen and oxygen atoms in total. The van der Waals surface area contributed by atoms with Gasteiger partial charge in [0, 0.05) is 25.1 Å². The van der Waals surface area contributed by atoms with Gasteiger partial charge in [-0.25, -0.2) is 0 Å². The van der Waals surface area contributed by atoms with Crippen LogP contribution in [0.1, 0.15) is 56.0 Å². The lowest BCUT2D eigenvalue weighted by Gasteiger charge is -2.22. The number of hydrogen-bond donors (Lipinski definition) is 1. The zero-order valence-electron chi connectivity index (χ0n) is 13.7. The number of nitrogens with zero attached hydrogens (tertiary/aromatic N) is 1. The van der Waals surface area contributed by atoms with Crippen LogP contribution in [-0.4, -0.2) is 34.6 Å². The van der Waals surface area contributed by atoms with Crippen molar-refractivity contribution in [3.63, 3.8) is 0 Å². The lowest BCUT2D eigenvalue weighted by atomic mass is 10.00. The molecule has 0 bridgehead atoms. The summed E-state index contributed by atoms with van der Waals surface area (Å²) in [5.74, 6) is 1.07. The molecule has 2 aliphatic rings. The van der Waals surface area contributed by atoms with Gasteiger partial charge in [0.25, 0.3) is 5.91 Å². The van der Waals surface area contributed by atoms with Gasteiger partial charge in [0.05, 0.1) is 5.56 Å². The second-order valence-electron chi connectivity index (χ2n) is 7.32. The molecule has 1 atom stereocenters. The third kappa shape index (κ3) is 2.79. The minimum Gasteiger partial charge on any atom is -0.504 e. The summed E-state index contributed by atoms with van der Waals surface area (Å²) in [6.45, 7) is 7.75. The fraction of sp³-hybridized carbons (Fsp3) is 0.611. The first-order valence-electron chi connectivity index (χ1n) is 8.20. The van der Waals surface area contributed by atoms with Crippen molar-refractivity contribution in [3.8, 4) is 11.5 Å². The number of aromatic hydroxyl groups is 1. The standard InChI is InChI=1S/C18H25NO3/c1-12-5-4-9-19(10-8-12)17(21)14-7-6-13-11-18(2,3)22-16(13)15(14)20/h6-7,12,20H,4-5,8-11H2,1-3H3/t12-/m1/s1. The Morgan fingerprint density at radius 1 is 1.32 bits per heavy atom. The fourth-order valence-corrected chi connectivity index (χ4v) is 3.45. The number of carbonyl (C=O) groups excluding carboxylic acids is 1. The molecule has 1 saturated heterocycles. The van der Waals surface area contributed by atoms with E-state index in [0.717, 1.165) is 44.3 Å². The third-order valence-electron chi connectivity index (χ3n) is 4.74. The van der Waals surface area contributed by atoms with Gasteiger partial charge < -0.3 is 14.7 Å². The SMILES string of the molecule is C[C@@H]1CCCN(C(=O)c2ccc3c(c2O)OC(C)(C)C3)CC1. The smallest absolute Gasteiger partial charge is 0.257 e. The summed E-state index contributed by atoms with van der Waals surface area (Å²) < 4.78 is 5.82. The van der Waals surface area contributed by atoms with Crippen molar-refractivity contribution >= 4 is 5.91 Å². The van der Waals surface area contributed by atoms with Crippen LogP contribution in [0.15, 0.2) is 12.1 Å². The van der Waals surface area contributed by atoms with Crippen molar-refractivity contribution in [2.75, 3.05) is 13.1 Å². The largest absolute Gasteiger partial charge is 0.504 e. The molecule has 0 spiro atoms. The van der Waals surface area contributed by atoms with Gasteiger partial charge >= 0.3 is 0 Å². The minimum atomic E-state index is -0.320. The van der Waals surface area contributed by atoms with Gasteiger partial charge in [-0.2, -0.15) is 0 Å². The zero-order valence-corrected chi connectivity index (χ0v) is 13.7. The van der Waals surface area contributed by atoms with E-state index in [9.17, 15) is 9.90 Å². The van der Waals surface area contributed by atoms with Crippen molar-refractivity contribution in [2.45, 2.75) is 52.1 Å². The molecule has 2 heterocycles. The summed E-state index contributed by atoms with van der Waals surface area (Å²) in [5.41, 5.74) is 1.02. The van der Waals surface area contributed by atoms with E-state index >= 15 is 0 Å². The Morgan fingerprint density at radius 3 is 2.86 bits per heavy atom.